The minimum atomic E-state index is -1.39. The molecular weight excluding hydrogens is 282 g/mol. The number of halogens is 1. The fourth-order valence-electron chi connectivity index (χ4n) is 1.54. The Morgan fingerprint density at radius 2 is 2.05 bits per heavy atom. The first kappa shape index (κ1) is 16.3. The van der Waals surface area contributed by atoms with E-state index in [9.17, 15) is 9.90 Å². The molecule has 1 N–H and O–H groups in total. The van der Waals surface area contributed by atoms with Gasteiger partial charge in [-0.25, -0.2) is 0 Å². The quantitative estimate of drug-likeness (QED) is 0.399. The zero-order valence-corrected chi connectivity index (χ0v) is 12.2. The van der Waals surface area contributed by atoms with Crippen LogP contribution in [0.1, 0.15) is 32.4 Å². The van der Waals surface area contributed by atoms with Gasteiger partial charge < -0.3 is 9.84 Å². The second kappa shape index (κ2) is 6.61. The lowest BCUT2D eigenvalue weighted by atomic mass is 10.0. The lowest BCUT2D eigenvalue weighted by Crippen LogP contribution is -2.34. The molecule has 7 heteroatoms. The number of azide groups is 1. The molecule has 0 bridgehead atoms. The van der Waals surface area contributed by atoms with E-state index in [-0.39, 0.29) is 5.02 Å². The lowest BCUT2D eigenvalue weighted by molar-refractivity contribution is -0.159. The Morgan fingerprint density at radius 1 is 1.45 bits per heavy atom. The van der Waals surface area contributed by atoms with Crippen LogP contribution < -0.4 is 0 Å². The first-order chi connectivity index (χ1) is 9.26. The van der Waals surface area contributed by atoms with Crippen LogP contribution in [0.3, 0.4) is 0 Å². The van der Waals surface area contributed by atoms with Crippen molar-refractivity contribution in [3.05, 3.63) is 45.3 Å². The van der Waals surface area contributed by atoms with Gasteiger partial charge in [-0.2, -0.15) is 0 Å². The predicted molar refractivity (Wildman–Crippen MR) is 75.2 cm³/mol. The molecule has 1 aromatic rings. The molecule has 0 radical (unpaired) electrons. The third-order valence-corrected chi connectivity index (χ3v) is 2.69. The monoisotopic (exact) mass is 297 g/mol. The maximum atomic E-state index is 12.0. The second-order valence-corrected chi connectivity index (χ2v) is 5.56. The Morgan fingerprint density at radius 3 is 2.55 bits per heavy atom. The van der Waals surface area contributed by atoms with Crippen LogP contribution in [-0.2, 0) is 9.53 Å². The molecule has 0 amide bonds. The van der Waals surface area contributed by atoms with E-state index in [1.165, 1.54) is 0 Å². The molecule has 0 heterocycles. The molecule has 0 spiro atoms. The summed E-state index contributed by atoms with van der Waals surface area (Å²) in [6.45, 7) is 5.04. The lowest BCUT2D eigenvalue weighted by Gasteiger charge is -2.24. The summed E-state index contributed by atoms with van der Waals surface area (Å²) >= 11 is 5.95. The van der Waals surface area contributed by atoms with Crippen molar-refractivity contribution in [1.29, 1.82) is 0 Å². The first-order valence-electron chi connectivity index (χ1n) is 5.96. The molecule has 0 aliphatic rings. The third kappa shape index (κ3) is 4.42. The summed E-state index contributed by atoms with van der Waals surface area (Å²) in [4.78, 5) is 14.6. The van der Waals surface area contributed by atoms with Crippen molar-refractivity contribution in [2.24, 2.45) is 5.11 Å². The molecule has 6 nitrogen and oxygen atoms in total. The molecular formula is C13H16ClN3O3. The zero-order valence-electron chi connectivity index (χ0n) is 11.4. The average molecular weight is 298 g/mol. The molecule has 108 valence electrons. The van der Waals surface area contributed by atoms with Crippen LogP contribution in [0, 0.1) is 0 Å². The average Bonchev–Trinajstić information content (AvgIpc) is 2.33. The van der Waals surface area contributed by atoms with E-state index >= 15 is 0 Å². The number of carbonyl (C=O) groups excluding carboxylic acids is 1. The van der Waals surface area contributed by atoms with Crippen molar-refractivity contribution in [3.63, 3.8) is 0 Å². The van der Waals surface area contributed by atoms with Gasteiger partial charge in [0.1, 0.15) is 5.60 Å². The maximum absolute atomic E-state index is 12.0. The van der Waals surface area contributed by atoms with Crippen LogP contribution in [-0.4, -0.2) is 22.7 Å². The number of carbonyl (C=O) groups is 1. The van der Waals surface area contributed by atoms with E-state index in [1.807, 2.05) is 0 Å². The molecule has 0 saturated heterocycles. The number of aliphatic hydroxyl groups excluding tert-OH is 1. The molecule has 20 heavy (non-hydrogen) atoms. The predicted octanol–water partition coefficient (Wildman–Crippen LogP) is 3.39. The molecule has 0 aliphatic carbocycles. The third-order valence-electron chi connectivity index (χ3n) is 2.35. The topological polar surface area (TPSA) is 95.3 Å². The zero-order chi connectivity index (χ0) is 15.3. The molecule has 1 aromatic carbocycles. The number of nitrogens with zero attached hydrogens (tertiary/aromatic N) is 3. The van der Waals surface area contributed by atoms with E-state index in [2.05, 4.69) is 10.0 Å². The van der Waals surface area contributed by atoms with Gasteiger partial charge in [-0.3, -0.25) is 4.79 Å². The molecule has 0 aliphatic heterocycles. The van der Waals surface area contributed by atoms with E-state index in [0.717, 1.165) is 0 Å². The highest BCUT2D eigenvalue weighted by molar-refractivity contribution is 6.31. The van der Waals surface area contributed by atoms with E-state index < -0.39 is 23.7 Å². The summed E-state index contributed by atoms with van der Waals surface area (Å²) < 4.78 is 5.13. The summed E-state index contributed by atoms with van der Waals surface area (Å²) in [6, 6.07) is 5.08. The Hall–Kier alpha value is -1.75. The van der Waals surface area contributed by atoms with Crippen molar-refractivity contribution < 1.29 is 14.6 Å². The van der Waals surface area contributed by atoms with Crippen molar-refractivity contribution in [2.75, 3.05) is 0 Å². The van der Waals surface area contributed by atoms with Gasteiger partial charge in [0.05, 0.1) is 6.10 Å². The van der Waals surface area contributed by atoms with Gasteiger partial charge in [-0.05, 0) is 32.4 Å². The normalized spacial score (nSPS) is 14.1. The number of ether oxygens (including phenoxy) is 1. The SMILES string of the molecule is CC(C)(C)OC(=O)[C@@H](N=[N+]=[N-])[C@@H](O)c1ccccc1Cl. The van der Waals surface area contributed by atoms with Gasteiger partial charge in [0.15, 0.2) is 6.04 Å². The number of hydrogen-bond donors (Lipinski definition) is 1. The second-order valence-electron chi connectivity index (χ2n) is 5.15. The molecule has 0 saturated carbocycles. The number of esters is 1. The molecule has 0 aromatic heterocycles. The van der Waals surface area contributed by atoms with Crippen molar-refractivity contribution in [3.8, 4) is 0 Å². The molecule has 0 fully saturated rings. The van der Waals surface area contributed by atoms with Crippen LogP contribution in [0.4, 0.5) is 0 Å². The largest absolute Gasteiger partial charge is 0.460 e. The maximum Gasteiger partial charge on any atom is 0.318 e. The summed E-state index contributed by atoms with van der Waals surface area (Å²) in [5, 5.41) is 13.8. The highest BCUT2D eigenvalue weighted by Gasteiger charge is 2.32. The molecule has 1 rings (SSSR count). The van der Waals surface area contributed by atoms with Crippen LogP contribution in [0.5, 0.6) is 0 Å². The summed E-state index contributed by atoms with van der Waals surface area (Å²) in [6.07, 6.45) is -1.37. The van der Waals surface area contributed by atoms with Crippen molar-refractivity contribution >= 4 is 17.6 Å². The smallest absolute Gasteiger partial charge is 0.318 e. The Labute approximate surface area is 121 Å². The van der Waals surface area contributed by atoms with Gasteiger partial charge in [-0.15, -0.1) is 0 Å². The van der Waals surface area contributed by atoms with Gasteiger partial charge in [-0.1, -0.05) is 34.9 Å². The molecule has 0 unspecified atom stereocenters. The van der Waals surface area contributed by atoms with Gasteiger partial charge in [0, 0.05) is 15.5 Å². The Bertz CT molecular complexity index is 536. The van der Waals surface area contributed by atoms with Crippen LogP contribution in [0.15, 0.2) is 29.4 Å². The molecule has 2 atom stereocenters. The van der Waals surface area contributed by atoms with Crippen molar-refractivity contribution in [1.82, 2.24) is 0 Å². The number of rotatable bonds is 4. The highest BCUT2D eigenvalue weighted by atomic mass is 35.5. The number of hydrogen-bond acceptors (Lipinski definition) is 4. The van der Waals surface area contributed by atoms with Crippen LogP contribution in [0.25, 0.3) is 10.4 Å². The van der Waals surface area contributed by atoms with Gasteiger partial charge in [0.25, 0.3) is 0 Å². The van der Waals surface area contributed by atoms with E-state index in [1.54, 1.807) is 45.0 Å². The first-order valence-corrected chi connectivity index (χ1v) is 6.33. The minimum absolute atomic E-state index is 0.279. The van der Waals surface area contributed by atoms with Crippen molar-refractivity contribution in [2.45, 2.75) is 38.5 Å². The van der Waals surface area contributed by atoms with Crippen LogP contribution in [0.2, 0.25) is 5.02 Å². The summed E-state index contributed by atoms with van der Waals surface area (Å²) in [7, 11) is 0. The fraction of sp³-hybridized carbons (Fsp3) is 0.462. The standard InChI is InChI=1S/C13H16ClN3O3/c1-13(2,3)20-12(19)10(16-17-15)11(18)8-6-4-5-7-9(8)14/h4-7,10-11,18H,1-3H3/t10-,11-/m0/s1. The number of benzene rings is 1. The van der Waals surface area contributed by atoms with Crippen LogP contribution >= 0.6 is 11.6 Å². The van der Waals surface area contributed by atoms with E-state index in [0.29, 0.717) is 5.56 Å². The number of aliphatic hydroxyl groups is 1. The summed E-state index contributed by atoms with van der Waals surface area (Å²) in [5.74, 6) is -0.803. The summed E-state index contributed by atoms with van der Waals surface area (Å²) in [5.41, 5.74) is 8.11. The fourth-order valence-corrected chi connectivity index (χ4v) is 1.79. The Kier molecular flexibility index (Phi) is 5.39. The minimum Gasteiger partial charge on any atom is -0.460 e. The van der Waals surface area contributed by atoms with Gasteiger partial charge >= 0.3 is 5.97 Å². The highest BCUT2D eigenvalue weighted by Crippen LogP contribution is 2.28. The van der Waals surface area contributed by atoms with Gasteiger partial charge in [0.2, 0.25) is 0 Å². The van der Waals surface area contributed by atoms with E-state index in [4.69, 9.17) is 21.9 Å². The Balaban J connectivity index is 3.05.